The van der Waals surface area contributed by atoms with E-state index >= 15 is 0 Å². The molecular weight excluding hydrogens is 280 g/mol. The molecule has 1 amide bonds. The van der Waals surface area contributed by atoms with Gasteiger partial charge in [0.05, 0.1) is 0 Å². The van der Waals surface area contributed by atoms with Crippen molar-refractivity contribution < 1.29 is 4.79 Å². The van der Waals surface area contributed by atoms with Gasteiger partial charge in [-0.1, -0.05) is 6.92 Å². The molecule has 7 nitrogen and oxygen atoms in total. The second-order valence-electron chi connectivity index (χ2n) is 4.76. The standard InChI is InChI=1S/C12H19ClN6O/c1-2-6-15-11-16-10(13)17-12(18-11)19-7-4-3-5-8(19)9(14)20/h8H,2-7H2,1H3,(H2,14,20)(H,15,16,17,18). The quantitative estimate of drug-likeness (QED) is 0.847. The molecule has 0 saturated carbocycles. The van der Waals surface area contributed by atoms with Gasteiger partial charge in [0.15, 0.2) is 0 Å². The molecule has 20 heavy (non-hydrogen) atoms. The first-order valence-electron chi connectivity index (χ1n) is 6.83. The van der Waals surface area contributed by atoms with Crippen LogP contribution in [-0.2, 0) is 4.79 Å². The van der Waals surface area contributed by atoms with Gasteiger partial charge in [-0.05, 0) is 37.3 Å². The number of rotatable bonds is 5. The van der Waals surface area contributed by atoms with E-state index in [1.807, 2.05) is 11.8 Å². The molecule has 1 aliphatic heterocycles. The zero-order valence-electron chi connectivity index (χ0n) is 11.5. The highest BCUT2D eigenvalue weighted by Crippen LogP contribution is 2.23. The minimum Gasteiger partial charge on any atom is -0.368 e. The summed E-state index contributed by atoms with van der Waals surface area (Å²) in [6, 6.07) is -0.374. The van der Waals surface area contributed by atoms with Crippen LogP contribution in [0.5, 0.6) is 0 Å². The number of amides is 1. The van der Waals surface area contributed by atoms with E-state index in [1.54, 1.807) is 0 Å². The van der Waals surface area contributed by atoms with Gasteiger partial charge in [0.2, 0.25) is 23.1 Å². The van der Waals surface area contributed by atoms with Gasteiger partial charge in [-0.3, -0.25) is 4.79 Å². The second-order valence-corrected chi connectivity index (χ2v) is 5.10. The van der Waals surface area contributed by atoms with E-state index in [2.05, 4.69) is 20.3 Å². The number of nitrogens with two attached hydrogens (primary N) is 1. The Labute approximate surface area is 122 Å². The molecule has 0 bridgehead atoms. The molecule has 0 aliphatic carbocycles. The highest BCUT2D eigenvalue weighted by Gasteiger charge is 2.29. The highest BCUT2D eigenvalue weighted by molar-refractivity contribution is 6.28. The third-order valence-corrected chi connectivity index (χ3v) is 3.39. The van der Waals surface area contributed by atoms with E-state index in [9.17, 15) is 4.79 Å². The number of hydrogen-bond donors (Lipinski definition) is 2. The number of primary amides is 1. The summed E-state index contributed by atoms with van der Waals surface area (Å²) in [4.78, 5) is 25.8. The molecule has 0 aromatic carbocycles. The van der Waals surface area contributed by atoms with Gasteiger partial charge >= 0.3 is 0 Å². The predicted octanol–water partition coefficient (Wildman–Crippen LogP) is 1.19. The van der Waals surface area contributed by atoms with E-state index < -0.39 is 0 Å². The van der Waals surface area contributed by atoms with Gasteiger partial charge in [0, 0.05) is 13.1 Å². The Kier molecular flexibility index (Phi) is 4.94. The SMILES string of the molecule is CCCNc1nc(Cl)nc(N2CCCCC2C(N)=O)n1. The molecule has 1 unspecified atom stereocenters. The molecule has 3 N–H and O–H groups in total. The van der Waals surface area contributed by atoms with Crippen molar-refractivity contribution in [3.8, 4) is 0 Å². The third kappa shape index (κ3) is 3.47. The fourth-order valence-corrected chi connectivity index (χ4v) is 2.41. The van der Waals surface area contributed by atoms with Crippen molar-refractivity contribution in [1.29, 1.82) is 0 Å². The van der Waals surface area contributed by atoms with Gasteiger partial charge in [0.1, 0.15) is 6.04 Å². The Morgan fingerprint density at radius 1 is 1.45 bits per heavy atom. The minimum absolute atomic E-state index is 0.113. The molecule has 2 heterocycles. The molecule has 1 fully saturated rings. The summed E-state index contributed by atoms with van der Waals surface area (Å²) in [5.74, 6) is 0.479. The maximum Gasteiger partial charge on any atom is 0.240 e. The van der Waals surface area contributed by atoms with Crippen LogP contribution in [0.25, 0.3) is 0 Å². The first-order valence-corrected chi connectivity index (χ1v) is 7.21. The van der Waals surface area contributed by atoms with Gasteiger partial charge in [-0.25, -0.2) is 0 Å². The summed E-state index contributed by atoms with van der Waals surface area (Å²) in [5, 5.41) is 3.18. The Hall–Kier alpha value is -1.63. The first kappa shape index (κ1) is 14.8. The van der Waals surface area contributed by atoms with E-state index in [0.29, 0.717) is 18.4 Å². The zero-order chi connectivity index (χ0) is 14.5. The largest absolute Gasteiger partial charge is 0.368 e. The summed E-state index contributed by atoms with van der Waals surface area (Å²) in [6.07, 6.45) is 3.62. The number of nitrogens with zero attached hydrogens (tertiary/aromatic N) is 4. The smallest absolute Gasteiger partial charge is 0.240 e. The van der Waals surface area contributed by atoms with Crippen molar-refractivity contribution in [2.75, 3.05) is 23.3 Å². The fourth-order valence-electron chi connectivity index (χ4n) is 2.25. The van der Waals surface area contributed by atoms with E-state index in [0.717, 1.165) is 32.2 Å². The summed E-state index contributed by atoms with van der Waals surface area (Å²) >= 11 is 5.93. The Morgan fingerprint density at radius 3 is 2.95 bits per heavy atom. The molecular formula is C12H19ClN6O. The Morgan fingerprint density at radius 2 is 2.25 bits per heavy atom. The lowest BCUT2D eigenvalue weighted by molar-refractivity contribution is -0.119. The lowest BCUT2D eigenvalue weighted by Crippen LogP contribution is -2.48. The molecule has 0 spiro atoms. The number of carbonyl (C=O) groups excluding carboxylic acids is 1. The number of piperidine rings is 1. The number of halogens is 1. The van der Waals surface area contributed by atoms with Crippen molar-refractivity contribution in [2.24, 2.45) is 5.73 Å². The first-order chi connectivity index (χ1) is 9.61. The Balaban J connectivity index is 2.25. The third-order valence-electron chi connectivity index (χ3n) is 3.22. The predicted molar refractivity (Wildman–Crippen MR) is 77.8 cm³/mol. The van der Waals surface area contributed by atoms with Crippen LogP contribution in [0.15, 0.2) is 0 Å². The van der Waals surface area contributed by atoms with Crippen molar-refractivity contribution >= 4 is 29.4 Å². The minimum atomic E-state index is -0.374. The lowest BCUT2D eigenvalue weighted by Gasteiger charge is -2.33. The van der Waals surface area contributed by atoms with Crippen LogP contribution >= 0.6 is 11.6 Å². The average Bonchev–Trinajstić information content (AvgIpc) is 2.44. The molecule has 1 aliphatic rings. The van der Waals surface area contributed by atoms with Crippen LogP contribution in [-0.4, -0.2) is 40.0 Å². The van der Waals surface area contributed by atoms with Gasteiger partial charge in [0.25, 0.3) is 0 Å². The van der Waals surface area contributed by atoms with Crippen LogP contribution < -0.4 is 16.0 Å². The fraction of sp³-hybridized carbons (Fsp3) is 0.667. The number of hydrogen-bond acceptors (Lipinski definition) is 6. The summed E-state index contributed by atoms with van der Waals surface area (Å²) in [5.41, 5.74) is 5.45. The van der Waals surface area contributed by atoms with Crippen LogP contribution in [0.2, 0.25) is 5.28 Å². The van der Waals surface area contributed by atoms with Gasteiger partial charge in [-0.2, -0.15) is 15.0 Å². The molecule has 1 atom stereocenters. The zero-order valence-corrected chi connectivity index (χ0v) is 12.2. The molecule has 1 aromatic heterocycles. The number of aromatic nitrogens is 3. The molecule has 1 aromatic rings. The maximum atomic E-state index is 11.5. The normalized spacial score (nSPS) is 18.9. The van der Waals surface area contributed by atoms with E-state index in [-0.39, 0.29) is 17.2 Å². The van der Waals surface area contributed by atoms with Crippen molar-refractivity contribution in [1.82, 2.24) is 15.0 Å². The summed E-state index contributed by atoms with van der Waals surface area (Å²) < 4.78 is 0. The Bertz CT molecular complexity index is 483. The monoisotopic (exact) mass is 298 g/mol. The van der Waals surface area contributed by atoms with Crippen molar-refractivity contribution in [3.05, 3.63) is 5.28 Å². The topological polar surface area (TPSA) is 97.0 Å². The van der Waals surface area contributed by atoms with Crippen LogP contribution in [0.3, 0.4) is 0 Å². The average molecular weight is 299 g/mol. The summed E-state index contributed by atoms with van der Waals surface area (Å²) in [6.45, 7) is 3.49. The summed E-state index contributed by atoms with van der Waals surface area (Å²) in [7, 11) is 0. The maximum absolute atomic E-state index is 11.5. The lowest BCUT2D eigenvalue weighted by atomic mass is 10.0. The van der Waals surface area contributed by atoms with E-state index in [4.69, 9.17) is 17.3 Å². The van der Waals surface area contributed by atoms with Crippen molar-refractivity contribution in [2.45, 2.75) is 38.6 Å². The second kappa shape index (κ2) is 6.69. The molecule has 8 heteroatoms. The number of nitrogens with one attached hydrogen (secondary N) is 1. The molecule has 1 saturated heterocycles. The molecule has 0 radical (unpaired) electrons. The highest BCUT2D eigenvalue weighted by atomic mass is 35.5. The number of anilines is 2. The van der Waals surface area contributed by atoms with Crippen LogP contribution in [0.1, 0.15) is 32.6 Å². The van der Waals surface area contributed by atoms with Crippen molar-refractivity contribution in [3.63, 3.8) is 0 Å². The molecule has 2 rings (SSSR count). The van der Waals surface area contributed by atoms with Gasteiger partial charge < -0.3 is 16.0 Å². The molecule has 110 valence electrons. The van der Waals surface area contributed by atoms with Crippen LogP contribution in [0, 0.1) is 0 Å². The van der Waals surface area contributed by atoms with Crippen LogP contribution in [0.4, 0.5) is 11.9 Å². The van der Waals surface area contributed by atoms with Gasteiger partial charge in [-0.15, -0.1) is 0 Å². The number of carbonyl (C=O) groups is 1. The van der Waals surface area contributed by atoms with E-state index in [1.165, 1.54) is 0 Å².